The van der Waals surface area contributed by atoms with Crippen molar-refractivity contribution in [3.05, 3.63) is 61.9 Å². The molecule has 0 amide bonds. The molecule has 1 atom stereocenters. The predicted octanol–water partition coefficient (Wildman–Crippen LogP) is 5.57. The molecule has 2 rings (SSSR count). The lowest BCUT2D eigenvalue weighted by Gasteiger charge is -2.18. The highest BCUT2D eigenvalue weighted by molar-refractivity contribution is 14.1. The van der Waals surface area contributed by atoms with Crippen LogP contribution in [0.4, 0.5) is 10.1 Å². The van der Waals surface area contributed by atoms with E-state index in [1.54, 1.807) is 12.1 Å². The molecule has 0 spiro atoms. The van der Waals surface area contributed by atoms with Crippen LogP contribution >= 0.6 is 34.2 Å². The quantitative estimate of drug-likeness (QED) is 0.677. The molecule has 100 valence electrons. The number of benzene rings is 2. The van der Waals surface area contributed by atoms with E-state index in [4.69, 9.17) is 11.6 Å². The Morgan fingerprint density at radius 1 is 1.21 bits per heavy atom. The predicted molar refractivity (Wildman–Crippen MR) is 87.3 cm³/mol. The van der Waals surface area contributed by atoms with E-state index in [9.17, 15) is 4.39 Å². The van der Waals surface area contributed by atoms with Crippen molar-refractivity contribution < 1.29 is 4.39 Å². The molecular formula is C15H14ClFIN. The zero-order valence-corrected chi connectivity index (χ0v) is 13.6. The average Bonchev–Trinajstić information content (AvgIpc) is 2.36. The van der Waals surface area contributed by atoms with Gasteiger partial charge in [-0.15, -0.1) is 0 Å². The Hall–Kier alpha value is -0.810. The molecule has 0 saturated heterocycles. The largest absolute Gasteiger partial charge is 0.378 e. The molecule has 0 aliphatic rings. The van der Waals surface area contributed by atoms with Crippen LogP contribution in [0.2, 0.25) is 5.02 Å². The van der Waals surface area contributed by atoms with Gasteiger partial charge in [0.2, 0.25) is 0 Å². The van der Waals surface area contributed by atoms with Gasteiger partial charge >= 0.3 is 0 Å². The van der Waals surface area contributed by atoms with E-state index in [-0.39, 0.29) is 16.9 Å². The number of hydrogen-bond donors (Lipinski definition) is 1. The minimum Gasteiger partial charge on any atom is -0.378 e. The van der Waals surface area contributed by atoms with E-state index in [1.165, 1.54) is 15.2 Å². The first kappa shape index (κ1) is 14.6. The highest BCUT2D eigenvalue weighted by Gasteiger charge is 2.09. The normalized spacial score (nSPS) is 12.3. The third kappa shape index (κ3) is 3.60. The van der Waals surface area contributed by atoms with Crippen molar-refractivity contribution in [2.24, 2.45) is 0 Å². The number of hydrogen-bond acceptors (Lipinski definition) is 1. The van der Waals surface area contributed by atoms with E-state index in [1.807, 2.05) is 6.92 Å². The van der Waals surface area contributed by atoms with E-state index < -0.39 is 0 Å². The van der Waals surface area contributed by atoms with Gasteiger partial charge in [-0.2, -0.15) is 0 Å². The summed E-state index contributed by atoms with van der Waals surface area (Å²) in [6.45, 7) is 4.09. The van der Waals surface area contributed by atoms with Crippen LogP contribution in [0.5, 0.6) is 0 Å². The van der Waals surface area contributed by atoms with Crippen LogP contribution < -0.4 is 5.32 Å². The second-order valence-corrected chi connectivity index (χ2v) is 6.15. The molecule has 0 aromatic heterocycles. The summed E-state index contributed by atoms with van der Waals surface area (Å²) in [7, 11) is 0. The first-order valence-electron chi connectivity index (χ1n) is 5.95. The van der Waals surface area contributed by atoms with Crippen molar-refractivity contribution in [1.82, 2.24) is 0 Å². The van der Waals surface area contributed by atoms with Gasteiger partial charge in [-0.1, -0.05) is 17.7 Å². The number of halogens is 3. The third-order valence-corrected chi connectivity index (χ3v) is 3.96. The molecule has 0 fully saturated rings. The van der Waals surface area contributed by atoms with Gasteiger partial charge in [-0.25, -0.2) is 4.39 Å². The number of aryl methyl sites for hydroxylation is 1. The number of nitrogens with one attached hydrogen (secondary N) is 1. The summed E-state index contributed by atoms with van der Waals surface area (Å²) in [6, 6.07) is 11.1. The SMILES string of the molecule is Cc1cc(I)ccc1NC(C)c1ccc(F)c(Cl)c1. The lowest BCUT2D eigenvalue weighted by atomic mass is 10.1. The van der Waals surface area contributed by atoms with E-state index >= 15 is 0 Å². The van der Waals surface area contributed by atoms with Crippen LogP contribution in [0, 0.1) is 16.3 Å². The van der Waals surface area contributed by atoms with Crippen LogP contribution in [0.15, 0.2) is 36.4 Å². The smallest absolute Gasteiger partial charge is 0.141 e. The third-order valence-electron chi connectivity index (χ3n) is 3.00. The first-order chi connectivity index (χ1) is 8.97. The van der Waals surface area contributed by atoms with Gasteiger partial charge in [-0.3, -0.25) is 0 Å². The molecule has 19 heavy (non-hydrogen) atoms. The summed E-state index contributed by atoms with van der Waals surface area (Å²) in [5.74, 6) is -0.386. The van der Waals surface area contributed by atoms with Gasteiger partial charge in [0.15, 0.2) is 0 Å². The van der Waals surface area contributed by atoms with Crippen molar-refractivity contribution in [3.63, 3.8) is 0 Å². The molecule has 0 heterocycles. The second-order valence-electron chi connectivity index (χ2n) is 4.50. The Morgan fingerprint density at radius 2 is 1.95 bits per heavy atom. The molecule has 0 saturated carbocycles. The Kier molecular flexibility index (Phi) is 4.68. The van der Waals surface area contributed by atoms with Crippen molar-refractivity contribution in [2.75, 3.05) is 5.32 Å². The maximum atomic E-state index is 13.1. The summed E-state index contributed by atoms with van der Waals surface area (Å²) in [6.07, 6.45) is 0. The Balaban J connectivity index is 2.20. The molecule has 0 radical (unpaired) electrons. The Morgan fingerprint density at radius 3 is 2.58 bits per heavy atom. The Labute approximate surface area is 131 Å². The van der Waals surface area contributed by atoms with Gasteiger partial charge in [0.1, 0.15) is 5.82 Å². The topological polar surface area (TPSA) is 12.0 Å². The molecule has 1 nitrogen and oxygen atoms in total. The molecule has 0 aliphatic heterocycles. The van der Waals surface area contributed by atoms with Gasteiger partial charge in [0.05, 0.1) is 5.02 Å². The fourth-order valence-electron chi connectivity index (χ4n) is 1.89. The van der Waals surface area contributed by atoms with Crippen LogP contribution in [0.1, 0.15) is 24.1 Å². The van der Waals surface area contributed by atoms with Crippen LogP contribution in [0.25, 0.3) is 0 Å². The first-order valence-corrected chi connectivity index (χ1v) is 7.40. The summed E-state index contributed by atoms with van der Waals surface area (Å²) >= 11 is 8.10. The molecule has 1 unspecified atom stereocenters. The maximum Gasteiger partial charge on any atom is 0.141 e. The zero-order valence-electron chi connectivity index (χ0n) is 10.7. The maximum absolute atomic E-state index is 13.1. The van der Waals surface area contributed by atoms with Crippen LogP contribution in [-0.2, 0) is 0 Å². The average molecular weight is 390 g/mol. The standard InChI is InChI=1S/C15H14ClFIN/c1-9-7-12(18)4-6-15(9)19-10(2)11-3-5-14(17)13(16)8-11/h3-8,10,19H,1-2H3. The fourth-order valence-corrected chi connectivity index (χ4v) is 2.72. The summed E-state index contributed by atoms with van der Waals surface area (Å²) in [5.41, 5.74) is 3.23. The zero-order chi connectivity index (χ0) is 14.0. The summed E-state index contributed by atoms with van der Waals surface area (Å²) in [5, 5.41) is 3.57. The van der Waals surface area contributed by atoms with Crippen molar-refractivity contribution in [3.8, 4) is 0 Å². The van der Waals surface area contributed by atoms with Gasteiger partial charge < -0.3 is 5.32 Å². The Bertz CT molecular complexity index is 601. The summed E-state index contributed by atoms with van der Waals surface area (Å²) < 4.78 is 14.4. The minimum absolute atomic E-state index is 0.0665. The molecule has 0 aliphatic carbocycles. The highest BCUT2D eigenvalue weighted by Crippen LogP contribution is 2.26. The van der Waals surface area contributed by atoms with Gasteiger partial charge in [-0.05, 0) is 77.9 Å². The highest BCUT2D eigenvalue weighted by atomic mass is 127. The fraction of sp³-hybridized carbons (Fsp3) is 0.200. The summed E-state index contributed by atoms with van der Waals surface area (Å²) in [4.78, 5) is 0. The number of rotatable bonds is 3. The molecule has 4 heteroatoms. The lowest BCUT2D eigenvalue weighted by Crippen LogP contribution is -2.08. The van der Waals surface area contributed by atoms with E-state index in [2.05, 4.69) is 53.0 Å². The van der Waals surface area contributed by atoms with Crippen molar-refractivity contribution in [1.29, 1.82) is 0 Å². The molecular weight excluding hydrogens is 376 g/mol. The molecule has 2 aromatic rings. The second kappa shape index (κ2) is 6.09. The van der Waals surface area contributed by atoms with E-state index in [0.717, 1.165) is 11.3 Å². The van der Waals surface area contributed by atoms with Crippen LogP contribution in [0.3, 0.4) is 0 Å². The monoisotopic (exact) mass is 389 g/mol. The molecule has 1 N–H and O–H groups in total. The molecule has 2 aromatic carbocycles. The molecule has 0 bridgehead atoms. The van der Waals surface area contributed by atoms with E-state index in [0.29, 0.717) is 0 Å². The van der Waals surface area contributed by atoms with Crippen LogP contribution in [-0.4, -0.2) is 0 Å². The van der Waals surface area contributed by atoms with Gasteiger partial charge in [0.25, 0.3) is 0 Å². The number of anilines is 1. The van der Waals surface area contributed by atoms with Crippen molar-refractivity contribution in [2.45, 2.75) is 19.9 Å². The van der Waals surface area contributed by atoms with Gasteiger partial charge in [0, 0.05) is 15.3 Å². The lowest BCUT2D eigenvalue weighted by molar-refractivity contribution is 0.627. The van der Waals surface area contributed by atoms with Crippen molar-refractivity contribution >= 4 is 39.9 Å². The minimum atomic E-state index is -0.386.